The molecule has 7 heteroatoms. The molecule has 0 spiro atoms. The Labute approximate surface area is 132 Å². The fraction of sp³-hybridized carbons (Fsp3) is 0.571. The summed E-state index contributed by atoms with van der Waals surface area (Å²) < 4.78 is 7.71. The monoisotopic (exact) mass is 325 g/mol. The van der Waals surface area contributed by atoms with Crippen molar-refractivity contribution in [3.63, 3.8) is 0 Å². The van der Waals surface area contributed by atoms with Crippen LogP contribution in [0.4, 0.5) is 0 Å². The van der Waals surface area contributed by atoms with Crippen molar-refractivity contribution in [3.8, 4) is 0 Å². The number of aliphatic hydroxyl groups is 1. The minimum absolute atomic E-state index is 0.349. The first-order valence-electron chi connectivity index (χ1n) is 7.06. The molecule has 2 aromatic rings. The maximum atomic E-state index is 9.99. The molecule has 0 aliphatic heterocycles. The van der Waals surface area contributed by atoms with Crippen molar-refractivity contribution in [2.75, 3.05) is 12.4 Å². The highest BCUT2D eigenvalue weighted by Gasteiger charge is 2.28. The van der Waals surface area contributed by atoms with Crippen LogP contribution in [0.25, 0.3) is 0 Å². The summed E-state index contributed by atoms with van der Waals surface area (Å²) in [7, 11) is 0. The van der Waals surface area contributed by atoms with Gasteiger partial charge in [-0.2, -0.15) is 0 Å². The van der Waals surface area contributed by atoms with Gasteiger partial charge in [0.25, 0.3) is 0 Å². The van der Waals surface area contributed by atoms with Gasteiger partial charge < -0.3 is 14.4 Å². The third-order valence-electron chi connectivity index (χ3n) is 3.29. The van der Waals surface area contributed by atoms with Gasteiger partial charge in [0.15, 0.2) is 5.16 Å². The van der Waals surface area contributed by atoms with Crippen LogP contribution in [0.3, 0.4) is 0 Å². The molecular formula is C14H19N3O2S2. The summed E-state index contributed by atoms with van der Waals surface area (Å²) >= 11 is 3.22. The van der Waals surface area contributed by atoms with E-state index in [1.54, 1.807) is 23.1 Å². The number of aromatic nitrogens is 3. The topological polar surface area (TPSA) is 60.2 Å². The average molecular weight is 325 g/mol. The van der Waals surface area contributed by atoms with Crippen LogP contribution in [-0.2, 0) is 11.3 Å². The third kappa shape index (κ3) is 4.06. The predicted octanol–water partition coefficient (Wildman–Crippen LogP) is 2.65. The van der Waals surface area contributed by atoms with Gasteiger partial charge in [-0.1, -0.05) is 17.8 Å². The number of rotatable bonds is 8. The molecule has 2 heterocycles. The highest BCUT2D eigenvalue weighted by atomic mass is 32.2. The van der Waals surface area contributed by atoms with Crippen LogP contribution < -0.4 is 0 Å². The van der Waals surface area contributed by atoms with Gasteiger partial charge in [-0.3, -0.25) is 0 Å². The van der Waals surface area contributed by atoms with Crippen molar-refractivity contribution < 1.29 is 9.84 Å². The van der Waals surface area contributed by atoms with Crippen molar-refractivity contribution in [3.05, 3.63) is 28.2 Å². The largest absolute Gasteiger partial charge is 0.390 e. The molecule has 1 atom stereocenters. The molecule has 1 N–H and O–H groups in total. The average Bonchev–Trinajstić information content (AvgIpc) is 3.03. The van der Waals surface area contributed by atoms with E-state index in [-0.39, 0.29) is 0 Å². The zero-order valence-corrected chi connectivity index (χ0v) is 13.6. The van der Waals surface area contributed by atoms with E-state index in [4.69, 9.17) is 4.74 Å². The van der Waals surface area contributed by atoms with E-state index in [1.807, 2.05) is 24.4 Å². The van der Waals surface area contributed by atoms with E-state index in [0.29, 0.717) is 25.0 Å². The molecule has 1 fully saturated rings. The zero-order valence-electron chi connectivity index (χ0n) is 11.9. The summed E-state index contributed by atoms with van der Waals surface area (Å²) in [5.41, 5.74) is 0. The molecule has 21 heavy (non-hydrogen) atoms. The van der Waals surface area contributed by atoms with Crippen LogP contribution in [0.1, 0.15) is 29.6 Å². The quantitative estimate of drug-likeness (QED) is 0.756. The molecular weight excluding hydrogens is 306 g/mol. The molecule has 0 bridgehead atoms. The fourth-order valence-electron chi connectivity index (χ4n) is 2.11. The summed E-state index contributed by atoms with van der Waals surface area (Å²) in [5.74, 6) is 1.54. The van der Waals surface area contributed by atoms with Gasteiger partial charge in [-0.05, 0) is 31.2 Å². The first-order chi connectivity index (χ1) is 10.2. The lowest BCUT2D eigenvalue weighted by Gasteiger charge is -2.11. The first kappa shape index (κ1) is 15.0. The summed E-state index contributed by atoms with van der Waals surface area (Å²) in [5, 5.41) is 21.3. The minimum Gasteiger partial charge on any atom is -0.390 e. The Balaban J connectivity index is 1.42. The van der Waals surface area contributed by atoms with Crippen LogP contribution in [0, 0.1) is 6.92 Å². The molecule has 0 radical (unpaired) electrons. The van der Waals surface area contributed by atoms with Gasteiger partial charge in [0, 0.05) is 16.7 Å². The lowest BCUT2D eigenvalue weighted by atomic mass is 10.4. The first-order valence-corrected chi connectivity index (χ1v) is 8.93. The van der Waals surface area contributed by atoms with Crippen molar-refractivity contribution >= 4 is 23.1 Å². The van der Waals surface area contributed by atoms with Crippen LogP contribution in [0.5, 0.6) is 0 Å². The Bertz CT molecular complexity index is 567. The Morgan fingerprint density at radius 2 is 2.38 bits per heavy atom. The fourth-order valence-corrected chi connectivity index (χ4v) is 3.71. The normalized spacial score (nSPS) is 16.3. The molecule has 114 valence electrons. The van der Waals surface area contributed by atoms with Crippen LogP contribution >= 0.6 is 23.1 Å². The molecule has 1 aliphatic carbocycles. The van der Waals surface area contributed by atoms with Gasteiger partial charge in [-0.25, -0.2) is 0 Å². The Morgan fingerprint density at radius 3 is 3.10 bits per heavy atom. The highest BCUT2D eigenvalue weighted by Crippen LogP contribution is 2.38. The van der Waals surface area contributed by atoms with E-state index in [2.05, 4.69) is 14.8 Å². The van der Waals surface area contributed by atoms with Crippen LogP contribution in [0.15, 0.2) is 22.7 Å². The second-order valence-corrected chi connectivity index (χ2v) is 7.21. The Kier molecular flexibility index (Phi) is 4.95. The number of hydrogen-bond acceptors (Lipinski definition) is 6. The molecule has 5 nitrogen and oxygen atoms in total. The van der Waals surface area contributed by atoms with E-state index in [0.717, 1.165) is 11.0 Å². The van der Waals surface area contributed by atoms with Gasteiger partial charge in [0.2, 0.25) is 0 Å². The number of aliphatic hydroxyl groups excluding tert-OH is 1. The predicted molar refractivity (Wildman–Crippen MR) is 83.7 cm³/mol. The Morgan fingerprint density at radius 1 is 1.52 bits per heavy atom. The standard InChI is InChI=1S/C14H19N3O2S2/c1-10-15-16-14(17(10)11-4-5-11)21-9-12(18)7-19-8-13-3-2-6-20-13/h2-3,6,11-12,18H,4-5,7-9H2,1H3. The van der Waals surface area contributed by atoms with Crippen LogP contribution in [0.2, 0.25) is 0 Å². The maximum absolute atomic E-state index is 9.99. The van der Waals surface area contributed by atoms with E-state index in [1.165, 1.54) is 17.7 Å². The lowest BCUT2D eigenvalue weighted by molar-refractivity contribution is 0.0408. The number of thiophene rings is 1. The molecule has 1 saturated carbocycles. The number of aryl methyl sites for hydroxylation is 1. The molecule has 1 unspecified atom stereocenters. The van der Waals surface area contributed by atoms with Gasteiger partial charge in [0.1, 0.15) is 5.82 Å². The molecule has 2 aromatic heterocycles. The number of thioether (sulfide) groups is 1. The van der Waals surface area contributed by atoms with Gasteiger partial charge >= 0.3 is 0 Å². The number of nitrogens with zero attached hydrogens (tertiary/aromatic N) is 3. The molecule has 0 amide bonds. The van der Waals surface area contributed by atoms with Crippen molar-refractivity contribution in [1.82, 2.24) is 14.8 Å². The van der Waals surface area contributed by atoms with E-state index >= 15 is 0 Å². The summed E-state index contributed by atoms with van der Waals surface area (Å²) in [6.07, 6.45) is 1.93. The van der Waals surface area contributed by atoms with Crippen molar-refractivity contribution in [2.45, 2.75) is 43.7 Å². The third-order valence-corrected chi connectivity index (χ3v) is 5.22. The molecule has 1 aliphatic rings. The smallest absolute Gasteiger partial charge is 0.191 e. The van der Waals surface area contributed by atoms with Crippen LogP contribution in [-0.4, -0.2) is 38.3 Å². The molecule has 0 aromatic carbocycles. The molecule has 3 rings (SSSR count). The van der Waals surface area contributed by atoms with Crippen molar-refractivity contribution in [1.29, 1.82) is 0 Å². The second kappa shape index (κ2) is 6.91. The summed E-state index contributed by atoms with van der Waals surface area (Å²) in [6, 6.07) is 4.60. The van der Waals surface area contributed by atoms with E-state index in [9.17, 15) is 5.11 Å². The molecule has 0 saturated heterocycles. The summed E-state index contributed by atoms with van der Waals surface area (Å²) in [4.78, 5) is 1.18. The lowest BCUT2D eigenvalue weighted by Crippen LogP contribution is -2.18. The van der Waals surface area contributed by atoms with E-state index < -0.39 is 6.10 Å². The van der Waals surface area contributed by atoms with Gasteiger partial charge in [0.05, 0.1) is 19.3 Å². The number of ether oxygens (including phenoxy) is 1. The SMILES string of the molecule is Cc1nnc(SCC(O)COCc2cccs2)n1C1CC1. The second-order valence-electron chi connectivity index (χ2n) is 5.19. The maximum Gasteiger partial charge on any atom is 0.191 e. The minimum atomic E-state index is -0.486. The zero-order chi connectivity index (χ0) is 14.7. The Hall–Kier alpha value is -0.890. The van der Waals surface area contributed by atoms with Gasteiger partial charge in [-0.15, -0.1) is 21.5 Å². The highest BCUT2D eigenvalue weighted by molar-refractivity contribution is 7.99. The summed E-state index contributed by atoms with van der Waals surface area (Å²) in [6.45, 7) is 2.90. The van der Waals surface area contributed by atoms with Crippen molar-refractivity contribution in [2.24, 2.45) is 0 Å². The number of hydrogen-bond donors (Lipinski definition) is 1.